The number of hydrogen-bond acceptors (Lipinski definition) is 8. The van der Waals surface area contributed by atoms with Crippen molar-refractivity contribution in [3.63, 3.8) is 0 Å². The molecule has 1 amide bonds. The number of aryl methyl sites for hydroxylation is 1. The predicted molar refractivity (Wildman–Crippen MR) is 114 cm³/mol. The standard InChI is InChI=1S/C20H20N4O3S2/c1-3-27-19(26)10-15-11-29-20(21-15)22-17(25)12-28-18-9-8-16(23-24-18)14-6-4-13(2)5-7-14/h4-9,11H,3,10,12H2,1-2H3,(H,21,22,25). The molecule has 2 aromatic heterocycles. The second-order valence-electron chi connectivity index (χ2n) is 6.09. The van der Waals surface area contributed by atoms with Crippen LogP contribution in [0.1, 0.15) is 18.2 Å². The lowest BCUT2D eigenvalue weighted by atomic mass is 10.1. The number of hydrogen-bond donors (Lipinski definition) is 1. The van der Waals surface area contributed by atoms with E-state index in [1.807, 2.05) is 43.3 Å². The quantitative estimate of drug-likeness (QED) is 0.431. The predicted octanol–water partition coefficient (Wildman–Crippen LogP) is 3.74. The van der Waals surface area contributed by atoms with Crippen LogP contribution in [0.25, 0.3) is 11.3 Å². The number of carbonyl (C=O) groups excluding carboxylic acids is 2. The molecule has 0 spiro atoms. The lowest BCUT2D eigenvalue weighted by Crippen LogP contribution is -2.14. The molecule has 0 aliphatic carbocycles. The van der Waals surface area contributed by atoms with Gasteiger partial charge in [-0.3, -0.25) is 9.59 Å². The number of nitrogens with zero attached hydrogens (tertiary/aromatic N) is 3. The Morgan fingerprint density at radius 1 is 1.14 bits per heavy atom. The highest BCUT2D eigenvalue weighted by Gasteiger charge is 2.11. The van der Waals surface area contributed by atoms with Gasteiger partial charge in [-0.2, -0.15) is 0 Å². The lowest BCUT2D eigenvalue weighted by molar-refractivity contribution is -0.142. The van der Waals surface area contributed by atoms with Gasteiger partial charge in [-0.25, -0.2) is 4.98 Å². The summed E-state index contributed by atoms with van der Waals surface area (Å²) >= 11 is 2.57. The van der Waals surface area contributed by atoms with Crippen molar-refractivity contribution in [3.05, 3.63) is 53.0 Å². The van der Waals surface area contributed by atoms with Crippen molar-refractivity contribution in [2.24, 2.45) is 0 Å². The molecule has 1 aromatic carbocycles. The number of rotatable bonds is 8. The third-order valence-electron chi connectivity index (χ3n) is 3.77. The Hall–Kier alpha value is -2.78. The molecule has 0 saturated carbocycles. The summed E-state index contributed by atoms with van der Waals surface area (Å²) in [6.45, 7) is 4.12. The summed E-state index contributed by atoms with van der Waals surface area (Å²) in [7, 11) is 0. The van der Waals surface area contributed by atoms with Crippen molar-refractivity contribution in [2.45, 2.75) is 25.3 Å². The molecule has 0 unspecified atom stereocenters. The minimum absolute atomic E-state index is 0.0951. The number of benzene rings is 1. The molecule has 0 aliphatic rings. The first-order valence-electron chi connectivity index (χ1n) is 8.97. The van der Waals surface area contributed by atoms with Gasteiger partial charge in [0.1, 0.15) is 5.03 Å². The molecule has 0 fully saturated rings. The summed E-state index contributed by atoms with van der Waals surface area (Å²) in [5.41, 5.74) is 3.55. The first-order chi connectivity index (χ1) is 14.0. The zero-order valence-electron chi connectivity index (χ0n) is 16.0. The van der Waals surface area contributed by atoms with Gasteiger partial charge in [0, 0.05) is 10.9 Å². The van der Waals surface area contributed by atoms with Gasteiger partial charge in [-0.1, -0.05) is 41.6 Å². The Kier molecular flexibility index (Phi) is 7.31. The van der Waals surface area contributed by atoms with Crippen LogP contribution in [-0.2, 0) is 20.7 Å². The van der Waals surface area contributed by atoms with Crippen molar-refractivity contribution in [2.75, 3.05) is 17.7 Å². The van der Waals surface area contributed by atoms with E-state index in [9.17, 15) is 9.59 Å². The minimum atomic E-state index is -0.334. The van der Waals surface area contributed by atoms with Crippen LogP contribution in [0.5, 0.6) is 0 Å². The third kappa shape index (κ3) is 6.37. The Morgan fingerprint density at radius 3 is 2.62 bits per heavy atom. The van der Waals surface area contributed by atoms with Crippen molar-refractivity contribution < 1.29 is 14.3 Å². The second-order valence-corrected chi connectivity index (χ2v) is 7.94. The Labute approximate surface area is 176 Å². The lowest BCUT2D eigenvalue weighted by Gasteiger charge is -2.03. The molecule has 29 heavy (non-hydrogen) atoms. The van der Waals surface area contributed by atoms with Gasteiger partial charge in [0.25, 0.3) is 0 Å². The first-order valence-corrected chi connectivity index (χ1v) is 10.8. The van der Waals surface area contributed by atoms with Crippen molar-refractivity contribution in [1.82, 2.24) is 15.2 Å². The zero-order chi connectivity index (χ0) is 20.6. The van der Waals surface area contributed by atoms with Crippen molar-refractivity contribution >= 4 is 40.1 Å². The maximum absolute atomic E-state index is 12.1. The van der Waals surface area contributed by atoms with E-state index in [1.165, 1.54) is 28.7 Å². The molecular weight excluding hydrogens is 408 g/mol. The van der Waals surface area contributed by atoms with Gasteiger partial charge in [0.15, 0.2) is 5.13 Å². The van der Waals surface area contributed by atoms with Crippen LogP contribution < -0.4 is 5.32 Å². The van der Waals surface area contributed by atoms with E-state index in [2.05, 4.69) is 20.5 Å². The normalized spacial score (nSPS) is 10.6. The topological polar surface area (TPSA) is 94.1 Å². The summed E-state index contributed by atoms with van der Waals surface area (Å²) in [5.74, 6) is -0.346. The van der Waals surface area contributed by atoms with Gasteiger partial charge in [0.05, 0.1) is 30.2 Å². The maximum atomic E-state index is 12.1. The number of amides is 1. The number of carbonyl (C=O) groups is 2. The van der Waals surface area contributed by atoms with E-state index >= 15 is 0 Å². The van der Waals surface area contributed by atoms with E-state index in [0.29, 0.717) is 22.5 Å². The van der Waals surface area contributed by atoms with Gasteiger partial charge >= 0.3 is 5.97 Å². The summed E-state index contributed by atoms with van der Waals surface area (Å²) in [4.78, 5) is 27.8. The zero-order valence-corrected chi connectivity index (χ0v) is 17.7. The van der Waals surface area contributed by atoms with Gasteiger partial charge < -0.3 is 10.1 Å². The summed E-state index contributed by atoms with van der Waals surface area (Å²) < 4.78 is 4.89. The number of ether oxygens (including phenoxy) is 1. The number of thioether (sulfide) groups is 1. The highest BCUT2D eigenvalue weighted by molar-refractivity contribution is 7.99. The largest absolute Gasteiger partial charge is 0.466 e. The SMILES string of the molecule is CCOC(=O)Cc1csc(NC(=O)CSc2ccc(-c3ccc(C)cc3)nn2)n1. The molecular formula is C20H20N4O3S2. The van der Waals surface area contributed by atoms with Crippen LogP contribution in [0.15, 0.2) is 46.8 Å². The highest BCUT2D eigenvalue weighted by atomic mass is 32.2. The fourth-order valence-electron chi connectivity index (χ4n) is 2.38. The average molecular weight is 429 g/mol. The molecule has 0 saturated heterocycles. The van der Waals surface area contributed by atoms with Crippen molar-refractivity contribution in [3.8, 4) is 11.3 Å². The van der Waals surface area contributed by atoms with E-state index in [1.54, 1.807) is 12.3 Å². The number of thiazole rings is 1. The van der Waals surface area contributed by atoms with Gasteiger partial charge in [0.2, 0.25) is 5.91 Å². The Morgan fingerprint density at radius 2 is 1.93 bits per heavy atom. The van der Waals surface area contributed by atoms with E-state index in [4.69, 9.17) is 4.74 Å². The number of nitrogens with one attached hydrogen (secondary N) is 1. The number of esters is 1. The van der Waals surface area contributed by atoms with Crippen LogP contribution in [0.3, 0.4) is 0 Å². The van der Waals surface area contributed by atoms with Gasteiger partial charge in [-0.15, -0.1) is 21.5 Å². The van der Waals surface area contributed by atoms with Crippen LogP contribution in [-0.4, -0.2) is 39.4 Å². The van der Waals surface area contributed by atoms with Crippen LogP contribution in [0.4, 0.5) is 5.13 Å². The smallest absolute Gasteiger partial charge is 0.311 e. The monoisotopic (exact) mass is 428 g/mol. The van der Waals surface area contributed by atoms with E-state index < -0.39 is 0 Å². The molecule has 2 heterocycles. The molecule has 0 bridgehead atoms. The van der Waals surface area contributed by atoms with Gasteiger partial charge in [-0.05, 0) is 26.0 Å². The molecule has 3 aromatic rings. The van der Waals surface area contributed by atoms with E-state index in [-0.39, 0.29) is 24.1 Å². The molecule has 0 aliphatic heterocycles. The molecule has 1 N–H and O–H groups in total. The van der Waals surface area contributed by atoms with Crippen LogP contribution in [0.2, 0.25) is 0 Å². The summed E-state index contributed by atoms with van der Waals surface area (Å²) in [6.07, 6.45) is 0.0951. The number of anilines is 1. The highest BCUT2D eigenvalue weighted by Crippen LogP contribution is 2.21. The fraction of sp³-hybridized carbons (Fsp3) is 0.250. The molecule has 0 atom stereocenters. The average Bonchev–Trinajstić information content (AvgIpc) is 3.14. The Balaban J connectivity index is 1.48. The summed E-state index contributed by atoms with van der Waals surface area (Å²) in [6, 6.07) is 11.8. The van der Waals surface area contributed by atoms with Crippen LogP contribution in [0, 0.1) is 6.92 Å². The molecule has 0 radical (unpaired) electrons. The molecule has 3 rings (SSSR count). The fourth-order valence-corrected chi connectivity index (χ4v) is 3.72. The second kappa shape index (κ2) is 10.1. The summed E-state index contributed by atoms with van der Waals surface area (Å²) in [5, 5.41) is 14.0. The van der Waals surface area contributed by atoms with Crippen LogP contribution >= 0.6 is 23.1 Å². The molecule has 7 nitrogen and oxygen atoms in total. The van der Waals surface area contributed by atoms with Crippen molar-refractivity contribution in [1.29, 1.82) is 0 Å². The number of aromatic nitrogens is 3. The Bertz CT molecular complexity index is 972. The molecule has 9 heteroatoms. The molecule has 150 valence electrons. The van der Waals surface area contributed by atoms with E-state index in [0.717, 1.165) is 11.3 Å². The minimum Gasteiger partial charge on any atom is -0.466 e. The third-order valence-corrected chi connectivity index (χ3v) is 5.49. The maximum Gasteiger partial charge on any atom is 0.311 e. The first kappa shape index (κ1) is 20.9.